The van der Waals surface area contributed by atoms with Gasteiger partial charge >= 0.3 is 0 Å². The number of benzene rings is 2. The minimum Gasteiger partial charge on any atom is -0.369 e. The van der Waals surface area contributed by atoms with Crippen molar-refractivity contribution in [2.75, 3.05) is 44.2 Å². The highest BCUT2D eigenvalue weighted by molar-refractivity contribution is 8.01. The lowest BCUT2D eigenvalue weighted by atomic mass is 10.2. The molecule has 2 fully saturated rings. The summed E-state index contributed by atoms with van der Waals surface area (Å²) in [6.45, 7) is 5.65. The first-order valence-electron chi connectivity index (χ1n) is 10.0. The molecule has 5 rings (SSSR count). The molecule has 5 nitrogen and oxygen atoms in total. The lowest BCUT2D eigenvalue weighted by Crippen LogP contribution is -2.49. The molecule has 0 bridgehead atoms. The SMILES string of the molecule is O=C1C[C@@H]2Sc3ccc(Cl)cc3N=C2N1CCN1CCN(c2ccccc2)CC1. The highest BCUT2D eigenvalue weighted by Crippen LogP contribution is 2.43. The van der Waals surface area contributed by atoms with Crippen molar-refractivity contribution >= 4 is 46.5 Å². The number of carbonyl (C=O) groups excluding carboxylic acids is 1. The molecule has 0 saturated carbocycles. The first-order chi connectivity index (χ1) is 14.2. The van der Waals surface area contributed by atoms with Crippen LogP contribution in [0.2, 0.25) is 5.02 Å². The van der Waals surface area contributed by atoms with Crippen LogP contribution in [0.3, 0.4) is 0 Å². The smallest absolute Gasteiger partial charge is 0.229 e. The van der Waals surface area contributed by atoms with Crippen molar-refractivity contribution in [1.82, 2.24) is 9.80 Å². The van der Waals surface area contributed by atoms with E-state index in [1.165, 1.54) is 5.69 Å². The van der Waals surface area contributed by atoms with Crippen molar-refractivity contribution in [3.8, 4) is 0 Å². The number of thioether (sulfide) groups is 1. The van der Waals surface area contributed by atoms with Gasteiger partial charge in [0.05, 0.1) is 10.9 Å². The lowest BCUT2D eigenvalue weighted by molar-refractivity contribution is -0.125. The van der Waals surface area contributed by atoms with Crippen LogP contribution in [0, 0.1) is 0 Å². The van der Waals surface area contributed by atoms with Crippen molar-refractivity contribution in [3.05, 3.63) is 53.6 Å². The number of halogens is 1. The van der Waals surface area contributed by atoms with E-state index in [-0.39, 0.29) is 11.2 Å². The Kier molecular flexibility index (Phi) is 5.24. The maximum atomic E-state index is 12.6. The maximum Gasteiger partial charge on any atom is 0.229 e. The summed E-state index contributed by atoms with van der Waals surface area (Å²) in [6, 6.07) is 16.3. The molecule has 1 amide bonds. The quantitative estimate of drug-likeness (QED) is 0.743. The van der Waals surface area contributed by atoms with Crippen LogP contribution in [-0.4, -0.2) is 66.1 Å². The predicted molar refractivity (Wildman–Crippen MR) is 120 cm³/mol. The van der Waals surface area contributed by atoms with Crippen LogP contribution in [0.5, 0.6) is 0 Å². The van der Waals surface area contributed by atoms with Gasteiger partial charge in [-0.15, -0.1) is 11.8 Å². The van der Waals surface area contributed by atoms with Crippen LogP contribution in [0.15, 0.2) is 58.4 Å². The van der Waals surface area contributed by atoms with Gasteiger partial charge in [0.25, 0.3) is 0 Å². The molecule has 3 heterocycles. The van der Waals surface area contributed by atoms with E-state index in [9.17, 15) is 4.79 Å². The second-order valence-electron chi connectivity index (χ2n) is 7.60. The maximum absolute atomic E-state index is 12.6. The number of nitrogens with zero attached hydrogens (tertiary/aromatic N) is 4. The molecular weight excluding hydrogens is 404 g/mol. The van der Waals surface area contributed by atoms with Gasteiger partial charge in [-0.1, -0.05) is 29.8 Å². The molecule has 2 aromatic rings. The van der Waals surface area contributed by atoms with E-state index in [1.54, 1.807) is 11.8 Å². The summed E-state index contributed by atoms with van der Waals surface area (Å²) in [4.78, 5) is 25.3. The number of amidine groups is 1. The number of fused-ring (bicyclic) bond motifs is 2. The number of hydrogen-bond donors (Lipinski definition) is 0. The number of piperazine rings is 1. The lowest BCUT2D eigenvalue weighted by Gasteiger charge is -2.36. The van der Waals surface area contributed by atoms with Crippen LogP contribution in [0.4, 0.5) is 11.4 Å². The average Bonchev–Trinajstić information content (AvgIpc) is 3.05. The Balaban J connectivity index is 1.22. The second-order valence-corrected chi connectivity index (χ2v) is 9.28. The van der Waals surface area contributed by atoms with E-state index in [2.05, 4.69) is 40.1 Å². The molecule has 3 aliphatic heterocycles. The largest absolute Gasteiger partial charge is 0.369 e. The first-order valence-corrected chi connectivity index (χ1v) is 11.3. The molecule has 0 N–H and O–H groups in total. The van der Waals surface area contributed by atoms with Crippen molar-refractivity contribution in [2.24, 2.45) is 4.99 Å². The number of para-hydroxylation sites is 1. The number of likely N-dealkylation sites (tertiary alicyclic amines) is 1. The summed E-state index contributed by atoms with van der Waals surface area (Å²) in [6.07, 6.45) is 0.535. The van der Waals surface area contributed by atoms with Gasteiger partial charge in [0.15, 0.2) is 0 Å². The highest BCUT2D eigenvalue weighted by atomic mass is 35.5. The molecule has 29 heavy (non-hydrogen) atoms. The number of hydrogen-bond acceptors (Lipinski definition) is 5. The predicted octanol–water partition coefficient (Wildman–Crippen LogP) is 3.90. The third-order valence-electron chi connectivity index (χ3n) is 5.78. The summed E-state index contributed by atoms with van der Waals surface area (Å²) < 4.78 is 0. The Labute approximate surface area is 180 Å². The van der Waals surface area contributed by atoms with Gasteiger partial charge in [-0.25, -0.2) is 4.99 Å². The topological polar surface area (TPSA) is 39.2 Å². The zero-order valence-electron chi connectivity index (χ0n) is 16.1. The second kappa shape index (κ2) is 8.01. The Hall–Kier alpha value is -2.02. The third kappa shape index (κ3) is 3.89. The summed E-state index contributed by atoms with van der Waals surface area (Å²) >= 11 is 7.86. The van der Waals surface area contributed by atoms with Crippen molar-refractivity contribution in [1.29, 1.82) is 0 Å². The van der Waals surface area contributed by atoms with E-state index in [0.717, 1.165) is 49.1 Å². The van der Waals surface area contributed by atoms with Gasteiger partial charge in [0, 0.05) is 61.3 Å². The Bertz CT molecular complexity index is 943. The molecule has 2 saturated heterocycles. The number of carbonyl (C=O) groups is 1. The molecule has 0 aromatic heterocycles. The summed E-state index contributed by atoms with van der Waals surface area (Å²) in [5, 5.41) is 0.811. The molecule has 1 atom stereocenters. The van der Waals surface area contributed by atoms with E-state index in [0.29, 0.717) is 18.0 Å². The molecule has 3 aliphatic rings. The van der Waals surface area contributed by atoms with E-state index in [4.69, 9.17) is 16.6 Å². The van der Waals surface area contributed by atoms with Gasteiger partial charge in [-0.2, -0.15) is 0 Å². The monoisotopic (exact) mass is 426 g/mol. The molecule has 0 radical (unpaired) electrons. The van der Waals surface area contributed by atoms with E-state index >= 15 is 0 Å². The number of aliphatic imine (C=N–C) groups is 1. The van der Waals surface area contributed by atoms with Crippen LogP contribution >= 0.6 is 23.4 Å². The van der Waals surface area contributed by atoms with Gasteiger partial charge < -0.3 is 4.90 Å². The number of amides is 1. The molecule has 0 unspecified atom stereocenters. The van der Waals surface area contributed by atoms with Crippen LogP contribution < -0.4 is 4.90 Å². The molecule has 0 aliphatic carbocycles. The molecular formula is C22H23ClN4OS. The molecule has 150 valence electrons. The molecule has 2 aromatic carbocycles. The Morgan fingerprint density at radius 3 is 2.62 bits per heavy atom. The summed E-state index contributed by atoms with van der Waals surface area (Å²) in [7, 11) is 0. The zero-order valence-corrected chi connectivity index (χ0v) is 17.7. The zero-order chi connectivity index (χ0) is 19.8. The first kappa shape index (κ1) is 19.0. The van der Waals surface area contributed by atoms with Gasteiger partial charge in [-0.05, 0) is 30.3 Å². The minimum atomic E-state index is 0.131. The van der Waals surface area contributed by atoms with Crippen LogP contribution in [-0.2, 0) is 4.79 Å². The van der Waals surface area contributed by atoms with E-state index in [1.807, 2.05) is 23.1 Å². The third-order valence-corrected chi connectivity index (χ3v) is 7.28. The van der Waals surface area contributed by atoms with Crippen LogP contribution in [0.25, 0.3) is 0 Å². The van der Waals surface area contributed by atoms with Gasteiger partial charge in [-0.3, -0.25) is 14.6 Å². The fourth-order valence-electron chi connectivity index (χ4n) is 4.19. The minimum absolute atomic E-state index is 0.131. The van der Waals surface area contributed by atoms with Gasteiger partial charge in [0.2, 0.25) is 5.91 Å². The van der Waals surface area contributed by atoms with Gasteiger partial charge in [0.1, 0.15) is 5.84 Å². The average molecular weight is 427 g/mol. The Morgan fingerprint density at radius 2 is 1.83 bits per heavy atom. The standard InChI is InChI=1S/C22H23ClN4OS/c23-16-6-7-19-18(14-16)24-22-20(29-19)15-21(28)27(22)13-10-25-8-11-26(12-9-25)17-4-2-1-3-5-17/h1-7,14,20H,8-13,15H2/t20-/m0/s1. The molecule has 7 heteroatoms. The Morgan fingerprint density at radius 1 is 1.03 bits per heavy atom. The number of anilines is 1. The fraction of sp³-hybridized carbons (Fsp3) is 0.364. The number of rotatable bonds is 4. The van der Waals surface area contributed by atoms with Crippen molar-refractivity contribution in [2.45, 2.75) is 16.6 Å². The fourth-order valence-corrected chi connectivity index (χ4v) is 5.55. The molecule has 0 spiro atoms. The van der Waals surface area contributed by atoms with Crippen molar-refractivity contribution in [3.63, 3.8) is 0 Å². The van der Waals surface area contributed by atoms with Crippen LogP contribution in [0.1, 0.15) is 6.42 Å². The summed E-state index contributed by atoms with van der Waals surface area (Å²) in [5.41, 5.74) is 2.17. The van der Waals surface area contributed by atoms with Crippen molar-refractivity contribution < 1.29 is 4.79 Å². The summed E-state index contributed by atoms with van der Waals surface area (Å²) in [5.74, 6) is 1.08. The van der Waals surface area contributed by atoms with E-state index < -0.39 is 0 Å². The highest BCUT2D eigenvalue weighted by Gasteiger charge is 2.39. The normalized spacial score (nSPS) is 21.8.